The second kappa shape index (κ2) is 5.57. The molecule has 2 heterocycles. The third-order valence-corrected chi connectivity index (χ3v) is 4.15. The van der Waals surface area contributed by atoms with Gasteiger partial charge in [-0.05, 0) is 46.1 Å². The predicted molar refractivity (Wildman–Crippen MR) is 69.7 cm³/mol. The zero-order chi connectivity index (χ0) is 13.2. The Bertz CT molecular complexity index is 303. The van der Waals surface area contributed by atoms with Gasteiger partial charge in [0, 0.05) is 12.6 Å². The third-order valence-electron chi connectivity index (χ3n) is 4.15. The van der Waals surface area contributed by atoms with Crippen molar-refractivity contribution in [2.24, 2.45) is 0 Å². The molecule has 0 radical (unpaired) electrons. The number of likely N-dealkylation sites (tertiary alicyclic amines) is 1. The van der Waals surface area contributed by atoms with Crippen LogP contribution in [-0.4, -0.2) is 46.8 Å². The molecule has 0 aromatic heterocycles. The van der Waals surface area contributed by atoms with Crippen LogP contribution < -0.4 is 0 Å². The average molecular weight is 255 g/mol. The van der Waals surface area contributed by atoms with Crippen LogP contribution in [0.3, 0.4) is 0 Å². The molecule has 0 aliphatic carbocycles. The molecule has 104 valence electrons. The van der Waals surface area contributed by atoms with Crippen LogP contribution in [0.5, 0.6) is 0 Å². The van der Waals surface area contributed by atoms with Crippen molar-refractivity contribution >= 4 is 5.97 Å². The molecule has 2 aliphatic heterocycles. The fraction of sp³-hybridized carbons (Fsp3) is 0.929. The van der Waals surface area contributed by atoms with Crippen LogP contribution in [0.2, 0.25) is 0 Å². The van der Waals surface area contributed by atoms with Crippen LogP contribution in [0.25, 0.3) is 0 Å². The van der Waals surface area contributed by atoms with Gasteiger partial charge in [0.2, 0.25) is 0 Å². The summed E-state index contributed by atoms with van der Waals surface area (Å²) in [4.78, 5) is 13.2. The third kappa shape index (κ3) is 3.69. The second-order valence-electron chi connectivity index (χ2n) is 6.28. The molecule has 4 heteroatoms. The van der Waals surface area contributed by atoms with E-state index in [9.17, 15) is 4.79 Å². The van der Waals surface area contributed by atoms with Crippen molar-refractivity contribution in [2.45, 2.75) is 70.1 Å². The first kappa shape index (κ1) is 13.8. The predicted octanol–water partition coefficient (Wildman–Crippen LogP) is 2.27. The number of nitrogens with zero attached hydrogens (tertiary/aromatic N) is 1. The van der Waals surface area contributed by atoms with Gasteiger partial charge in [-0.3, -0.25) is 9.69 Å². The number of carboxylic acid groups (broad SMARTS) is 1. The van der Waals surface area contributed by atoms with Crippen molar-refractivity contribution < 1.29 is 14.6 Å². The van der Waals surface area contributed by atoms with Crippen LogP contribution in [0.15, 0.2) is 0 Å². The topological polar surface area (TPSA) is 49.8 Å². The molecule has 4 nitrogen and oxygen atoms in total. The number of hydrogen-bond acceptors (Lipinski definition) is 3. The molecule has 2 aliphatic rings. The van der Waals surface area contributed by atoms with Gasteiger partial charge in [-0.1, -0.05) is 6.42 Å². The maximum atomic E-state index is 10.9. The lowest BCUT2D eigenvalue weighted by atomic mass is 9.98. The largest absolute Gasteiger partial charge is 0.481 e. The highest BCUT2D eigenvalue weighted by Crippen LogP contribution is 2.31. The molecule has 0 aromatic carbocycles. The van der Waals surface area contributed by atoms with Crippen LogP contribution in [-0.2, 0) is 9.53 Å². The highest BCUT2D eigenvalue weighted by molar-refractivity contribution is 5.67. The van der Waals surface area contributed by atoms with Crippen molar-refractivity contribution in [3.05, 3.63) is 0 Å². The molecule has 0 spiro atoms. The lowest BCUT2D eigenvalue weighted by Gasteiger charge is -2.36. The van der Waals surface area contributed by atoms with Gasteiger partial charge in [0.15, 0.2) is 0 Å². The Morgan fingerprint density at radius 2 is 2.17 bits per heavy atom. The van der Waals surface area contributed by atoms with Crippen molar-refractivity contribution in [3.8, 4) is 0 Å². The van der Waals surface area contributed by atoms with E-state index in [0.29, 0.717) is 0 Å². The highest BCUT2D eigenvalue weighted by Gasteiger charge is 2.34. The Morgan fingerprint density at radius 3 is 2.78 bits per heavy atom. The van der Waals surface area contributed by atoms with E-state index in [2.05, 4.69) is 18.7 Å². The summed E-state index contributed by atoms with van der Waals surface area (Å²) >= 11 is 0. The maximum absolute atomic E-state index is 10.9. The Hall–Kier alpha value is -0.610. The standard InChI is InChI=1S/C14H25NO3/c1-14(2)7-6-12(18-14)10-15-8-4-3-5-11(15)9-13(16)17/h11-12H,3-10H2,1-2H3,(H,16,17). The first-order valence-electron chi connectivity index (χ1n) is 7.10. The van der Waals surface area contributed by atoms with Crippen LogP contribution in [0.1, 0.15) is 52.4 Å². The van der Waals surface area contributed by atoms with E-state index in [1.54, 1.807) is 0 Å². The number of rotatable bonds is 4. The fourth-order valence-corrected chi connectivity index (χ4v) is 3.20. The number of hydrogen-bond donors (Lipinski definition) is 1. The minimum atomic E-state index is -0.681. The molecule has 2 atom stereocenters. The quantitative estimate of drug-likeness (QED) is 0.837. The molecule has 0 amide bonds. The first-order chi connectivity index (χ1) is 8.46. The summed E-state index contributed by atoms with van der Waals surface area (Å²) < 4.78 is 6.02. The smallest absolute Gasteiger partial charge is 0.304 e. The SMILES string of the molecule is CC1(C)CCC(CN2CCCCC2CC(=O)O)O1. The number of ether oxygens (including phenoxy) is 1. The zero-order valence-electron chi connectivity index (χ0n) is 11.5. The normalized spacial score (nSPS) is 32.6. The second-order valence-corrected chi connectivity index (χ2v) is 6.28. The van der Waals surface area contributed by atoms with Gasteiger partial charge in [-0.15, -0.1) is 0 Å². The van der Waals surface area contributed by atoms with Crippen LogP contribution >= 0.6 is 0 Å². The molecule has 1 N–H and O–H groups in total. The minimum Gasteiger partial charge on any atom is -0.481 e. The van der Waals surface area contributed by atoms with Crippen molar-refractivity contribution in [1.82, 2.24) is 4.90 Å². The molecule has 0 saturated carbocycles. The van der Waals surface area contributed by atoms with Gasteiger partial charge in [0.1, 0.15) is 0 Å². The van der Waals surface area contributed by atoms with Gasteiger partial charge in [-0.2, -0.15) is 0 Å². The summed E-state index contributed by atoms with van der Waals surface area (Å²) in [5.41, 5.74) is 0.00273. The van der Waals surface area contributed by atoms with E-state index < -0.39 is 5.97 Å². The first-order valence-corrected chi connectivity index (χ1v) is 7.10. The Morgan fingerprint density at radius 1 is 1.39 bits per heavy atom. The number of aliphatic carboxylic acids is 1. The summed E-state index contributed by atoms with van der Waals surface area (Å²) in [7, 11) is 0. The lowest BCUT2D eigenvalue weighted by molar-refractivity contribution is -0.139. The van der Waals surface area contributed by atoms with Gasteiger partial charge in [0.05, 0.1) is 18.1 Å². The molecule has 2 unspecified atom stereocenters. The van der Waals surface area contributed by atoms with Gasteiger partial charge in [0.25, 0.3) is 0 Å². The highest BCUT2D eigenvalue weighted by atomic mass is 16.5. The molecular weight excluding hydrogens is 230 g/mol. The van der Waals surface area contributed by atoms with Crippen molar-refractivity contribution in [2.75, 3.05) is 13.1 Å². The van der Waals surface area contributed by atoms with Gasteiger partial charge < -0.3 is 9.84 Å². The van der Waals surface area contributed by atoms with E-state index in [1.807, 2.05) is 0 Å². The van der Waals surface area contributed by atoms with E-state index in [1.165, 1.54) is 6.42 Å². The Balaban J connectivity index is 1.87. The van der Waals surface area contributed by atoms with E-state index >= 15 is 0 Å². The minimum absolute atomic E-state index is 0.00273. The van der Waals surface area contributed by atoms with Crippen molar-refractivity contribution in [3.63, 3.8) is 0 Å². The monoisotopic (exact) mass is 255 g/mol. The van der Waals surface area contributed by atoms with E-state index in [-0.39, 0.29) is 24.2 Å². The molecule has 2 saturated heterocycles. The molecule has 0 bridgehead atoms. The Kier molecular flexibility index (Phi) is 4.28. The zero-order valence-corrected chi connectivity index (χ0v) is 11.5. The Labute approximate surface area is 109 Å². The average Bonchev–Trinajstić information content (AvgIpc) is 2.60. The van der Waals surface area contributed by atoms with E-state index in [0.717, 1.165) is 38.8 Å². The lowest BCUT2D eigenvalue weighted by Crippen LogP contribution is -2.45. The van der Waals surface area contributed by atoms with E-state index in [4.69, 9.17) is 9.84 Å². The molecule has 2 fully saturated rings. The molecular formula is C14H25NO3. The number of carboxylic acids is 1. The van der Waals surface area contributed by atoms with Crippen LogP contribution in [0, 0.1) is 0 Å². The van der Waals surface area contributed by atoms with Gasteiger partial charge in [-0.25, -0.2) is 0 Å². The summed E-state index contributed by atoms with van der Waals surface area (Å²) in [5, 5.41) is 8.97. The fourth-order valence-electron chi connectivity index (χ4n) is 3.20. The van der Waals surface area contributed by atoms with Crippen molar-refractivity contribution in [1.29, 1.82) is 0 Å². The number of carbonyl (C=O) groups is 1. The maximum Gasteiger partial charge on any atom is 0.304 e. The molecule has 2 rings (SSSR count). The van der Waals surface area contributed by atoms with Gasteiger partial charge >= 0.3 is 5.97 Å². The molecule has 18 heavy (non-hydrogen) atoms. The summed E-state index contributed by atoms with van der Waals surface area (Å²) in [5.74, 6) is -0.681. The summed E-state index contributed by atoms with van der Waals surface area (Å²) in [6.07, 6.45) is 6.13. The summed E-state index contributed by atoms with van der Waals surface area (Å²) in [6.45, 7) is 6.20. The summed E-state index contributed by atoms with van der Waals surface area (Å²) in [6, 6.07) is 0.212. The van der Waals surface area contributed by atoms with Crippen LogP contribution in [0.4, 0.5) is 0 Å². The number of piperidine rings is 1. The molecule has 0 aromatic rings.